The Morgan fingerprint density at radius 2 is 1.92 bits per heavy atom. The topological polar surface area (TPSA) is 152 Å². The summed E-state index contributed by atoms with van der Waals surface area (Å²) in [4.78, 5) is 12.7. The van der Waals surface area contributed by atoms with Crippen molar-refractivity contribution in [1.29, 1.82) is 0 Å². The standard InChI is InChI=1S/C22H28ClN7O6S/c1-13(17-12-35-8-9-36-17)30-21(16-6-5-7-18(26-16)33-3)27-28-22(30)29-37(31,32)14(2)19(34-4)20-24-10-15(23)11-25-20/h5-7,10-11,13-14,17,19H,8-9,12H2,1-4H3,(H,28,29)/t13-,14?,17-,19?/m1/s1. The molecule has 0 spiro atoms. The van der Waals surface area contributed by atoms with Crippen LogP contribution in [0.4, 0.5) is 5.95 Å². The fourth-order valence-electron chi connectivity index (χ4n) is 3.88. The molecule has 0 saturated carbocycles. The van der Waals surface area contributed by atoms with Gasteiger partial charge < -0.3 is 18.9 Å². The Hall–Kier alpha value is -2.91. The highest BCUT2D eigenvalue weighted by molar-refractivity contribution is 7.93. The molecule has 3 aromatic rings. The molecule has 0 bridgehead atoms. The van der Waals surface area contributed by atoms with Crippen molar-refractivity contribution in [2.75, 3.05) is 38.8 Å². The number of pyridine rings is 1. The van der Waals surface area contributed by atoms with Crippen LogP contribution in [-0.2, 0) is 24.2 Å². The maximum Gasteiger partial charge on any atom is 0.240 e. The highest BCUT2D eigenvalue weighted by Crippen LogP contribution is 2.31. The van der Waals surface area contributed by atoms with Gasteiger partial charge in [-0.3, -0.25) is 9.29 Å². The van der Waals surface area contributed by atoms with Gasteiger partial charge in [0.2, 0.25) is 21.9 Å². The van der Waals surface area contributed by atoms with Gasteiger partial charge in [0.05, 0.1) is 38.0 Å². The van der Waals surface area contributed by atoms with Gasteiger partial charge in [0.25, 0.3) is 0 Å². The third-order valence-electron chi connectivity index (χ3n) is 5.94. The summed E-state index contributed by atoms with van der Waals surface area (Å²) in [6.07, 6.45) is 1.41. The van der Waals surface area contributed by atoms with Gasteiger partial charge in [0.1, 0.15) is 23.2 Å². The van der Waals surface area contributed by atoms with Gasteiger partial charge in [-0.05, 0) is 19.9 Å². The smallest absolute Gasteiger partial charge is 0.240 e. The second-order valence-electron chi connectivity index (χ2n) is 8.28. The van der Waals surface area contributed by atoms with Gasteiger partial charge in [-0.25, -0.2) is 23.4 Å². The summed E-state index contributed by atoms with van der Waals surface area (Å²) >= 11 is 5.87. The third-order valence-corrected chi connectivity index (χ3v) is 7.83. The molecule has 4 atom stereocenters. The van der Waals surface area contributed by atoms with Crippen LogP contribution in [0.5, 0.6) is 5.88 Å². The van der Waals surface area contributed by atoms with Crippen LogP contribution >= 0.6 is 11.6 Å². The van der Waals surface area contributed by atoms with E-state index >= 15 is 0 Å². The summed E-state index contributed by atoms with van der Waals surface area (Å²) in [5.74, 6) is 0.863. The fourth-order valence-corrected chi connectivity index (χ4v) is 5.12. The Morgan fingerprint density at radius 3 is 2.57 bits per heavy atom. The van der Waals surface area contributed by atoms with Crippen molar-refractivity contribution in [3.8, 4) is 17.4 Å². The second kappa shape index (κ2) is 11.6. The van der Waals surface area contributed by atoms with Crippen LogP contribution in [0, 0.1) is 0 Å². The minimum atomic E-state index is -4.08. The van der Waals surface area contributed by atoms with Gasteiger partial charge in [0.15, 0.2) is 11.6 Å². The molecule has 0 aliphatic carbocycles. The number of anilines is 1. The molecule has 13 nitrogen and oxygen atoms in total. The van der Waals surface area contributed by atoms with Gasteiger partial charge in [-0.1, -0.05) is 17.7 Å². The lowest BCUT2D eigenvalue weighted by Gasteiger charge is -2.30. The summed E-state index contributed by atoms with van der Waals surface area (Å²) in [6.45, 7) is 4.58. The first-order chi connectivity index (χ1) is 17.7. The first kappa shape index (κ1) is 27.1. The van der Waals surface area contributed by atoms with Crippen LogP contribution in [0.3, 0.4) is 0 Å². The highest BCUT2D eigenvalue weighted by atomic mass is 35.5. The number of hydrogen-bond acceptors (Lipinski definition) is 11. The minimum absolute atomic E-state index is 0.0139. The molecular formula is C22H28ClN7O6S. The Bertz CT molecular complexity index is 1300. The number of halogens is 1. The van der Waals surface area contributed by atoms with E-state index in [0.29, 0.717) is 42.2 Å². The molecule has 4 heterocycles. The Labute approximate surface area is 219 Å². The third kappa shape index (κ3) is 5.99. The van der Waals surface area contributed by atoms with E-state index < -0.39 is 27.4 Å². The van der Waals surface area contributed by atoms with Crippen LogP contribution in [0.1, 0.15) is 31.8 Å². The van der Waals surface area contributed by atoms with Crippen LogP contribution in [-0.4, -0.2) is 83.5 Å². The van der Waals surface area contributed by atoms with E-state index in [0.717, 1.165) is 0 Å². The lowest BCUT2D eigenvalue weighted by molar-refractivity contribution is -0.104. The molecule has 2 unspecified atom stereocenters. The van der Waals surface area contributed by atoms with Crippen molar-refractivity contribution in [3.63, 3.8) is 0 Å². The van der Waals surface area contributed by atoms with E-state index in [2.05, 4.69) is 29.9 Å². The molecule has 0 amide bonds. The first-order valence-corrected chi connectivity index (χ1v) is 13.3. The van der Waals surface area contributed by atoms with Crippen LogP contribution < -0.4 is 9.46 Å². The Kier molecular flexibility index (Phi) is 8.54. The van der Waals surface area contributed by atoms with E-state index in [9.17, 15) is 8.42 Å². The number of nitrogens with one attached hydrogen (secondary N) is 1. The molecule has 15 heteroatoms. The second-order valence-corrected chi connectivity index (χ2v) is 10.7. The maximum absolute atomic E-state index is 13.5. The maximum atomic E-state index is 13.5. The summed E-state index contributed by atoms with van der Waals surface area (Å²) in [5.41, 5.74) is 0.443. The first-order valence-electron chi connectivity index (χ1n) is 11.4. The van der Waals surface area contributed by atoms with Crippen LogP contribution in [0.15, 0.2) is 30.6 Å². The number of nitrogens with zero attached hydrogens (tertiary/aromatic N) is 6. The molecule has 1 fully saturated rings. The average molecular weight is 554 g/mol. The van der Waals surface area contributed by atoms with Crippen molar-refractivity contribution in [2.24, 2.45) is 0 Å². The zero-order valence-corrected chi connectivity index (χ0v) is 22.3. The number of sulfonamides is 1. The van der Waals surface area contributed by atoms with E-state index in [1.54, 1.807) is 22.8 Å². The Morgan fingerprint density at radius 1 is 1.16 bits per heavy atom. The zero-order chi connectivity index (χ0) is 26.6. The Balaban J connectivity index is 1.70. The number of ether oxygens (including phenoxy) is 4. The molecule has 1 aliphatic rings. The quantitative estimate of drug-likeness (QED) is 0.393. The van der Waals surface area contributed by atoms with Crippen molar-refractivity contribution >= 4 is 27.6 Å². The van der Waals surface area contributed by atoms with E-state index in [-0.39, 0.29) is 17.9 Å². The largest absolute Gasteiger partial charge is 0.481 e. The molecule has 1 N–H and O–H groups in total. The molecule has 1 aliphatic heterocycles. The predicted octanol–water partition coefficient (Wildman–Crippen LogP) is 2.29. The van der Waals surface area contributed by atoms with Gasteiger partial charge in [0, 0.05) is 25.6 Å². The van der Waals surface area contributed by atoms with Crippen LogP contribution in [0.2, 0.25) is 5.02 Å². The lowest BCUT2D eigenvalue weighted by atomic mass is 10.1. The number of rotatable bonds is 10. The summed E-state index contributed by atoms with van der Waals surface area (Å²) < 4.78 is 53.3. The highest BCUT2D eigenvalue weighted by Gasteiger charge is 2.36. The van der Waals surface area contributed by atoms with E-state index in [1.807, 2.05) is 6.92 Å². The average Bonchev–Trinajstić information content (AvgIpc) is 3.32. The molecule has 0 aromatic carbocycles. The summed E-state index contributed by atoms with van der Waals surface area (Å²) in [6, 6.07) is 4.77. The molecule has 37 heavy (non-hydrogen) atoms. The van der Waals surface area contributed by atoms with Crippen molar-refractivity contribution in [2.45, 2.75) is 37.3 Å². The predicted molar refractivity (Wildman–Crippen MR) is 134 cm³/mol. The number of hydrogen-bond donors (Lipinski definition) is 1. The molecule has 1 saturated heterocycles. The van der Waals surface area contributed by atoms with Crippen LogP contribution in [0.25, 0.3) is 11.5 Å². The molecule has 200 valence electrons. The minimum Gasteiger partial charge on any atom is -0.481 e. The van der Waals surface area contributed by atoms with Gasteiger partial charge in [-0.2, -0.15) is 0 Å². The zero-order valence-electron chi connectivity index (χ0n) is 20.7. The molecular weight excluding hydrogens is 526 g/mol. The van der Waals surface area contributed by atoms with E-state index in [1.165, 1.54) is 33.5 Å². The summed E-state index contributed by atoms with van der Waals surface area (Å²) in [7, 11) is -1.19. The van der Waals surface area contributed by atoms with Crippen molar-refractivity contribution < 1.29 is 27.4 Å². The van der Waals surface area contributed by atoms with E-state index in [4.69, 9.17) is 30.5 Å². The number of aromatic nitrogens is 6. The molecule has 4 rings (SSSR count). The summed E-state index contributed by atoms with van der Waals surface area (Å²) in [5, 5.41) is 7.63. The van der Waals surface area contributed by atoms with Crippen molar-refractivity contribution in [3.05, 3.63) is 41.4 Å². The lowest BCUT2D eigenvalue weighted by Crippen LogP contribution is -2.37. The number of methoxy groups -OCH3 is 2. The monoisotopic (exact) mass is 553 g/mol. The molecule has 0 radical (unpaired) electrons. The molecule has 3 aromatic heterocycles. The SMILES string of the molecule is COc1cccc(-c2nnc(NS(=O)(=O)C(C)C(OC)c3ncc(Cl)cn3)n2[C@H](C)[C@H]2COCCO2)n1. The van der Waals surface area contributed by atoms with Gasteiger partial charge >= 0.3 is 0 Å². The van der Waals surface area contributed by atoms with Crippen molar-refractivity contribution in [1.82, 2.24) is 29.7 Å². The van der Waals surface area contributed by atoms with Gasteiger partial charge in [-0.15, -0.1) is 10.2 Å². The fraction of sp³-hybridized carbons (Fsp3) is 0.500. The normalized spacial score (nSPS) is 18.7.